The van der Waals surface area contributed by atoms with Crippen LogP contribution >= 0.6 is 11.3 Å². The number of amides is 1. The lowest BCUT2D eigenvalue weighted by molar-refractivity contribution is -0.184. The van der Waals surface area contributed by atoms with Gasteiger partial charge in [0.05, 0.1) is 19.1 Å². The molecule has 0 unspecified atom stereocenters. The lowest BCUT2D eigenvalue weighted by Gasteiger charge is -2.60. The molecule has 1 amide bonds. The Hall–Kier alpha value is -2.36. The molecule has 1 aromatic rings. The first kappa shape index (κ1) is 28.2. The van der Waals surface area contributed by atoms with Crippen molar-refractivity contribution in [2.45, 2.75) is 89.9 Å². The van der Waals surface area contributed by atoms with Crippen molar-refractivity contribution < 1.29 is 34.1 Å². The van der Waals surface area contributed by atoms with Crippen LogP contribution in [0, 0.1) is 28.6 Å². The van der Waals surface area contributed by atoms with Gasteiger partial charge >= 0.3 is 5.97 Å². The van der Waals surface area contributed by atoms with Crippen LogP contribution < -0.4 is 5.32 Å². The molecule has 39 heavy (non-hydrogen) atoms. The molecule has 5 rings (SSSR count). The van der Waals surface area contributed by atoms with E-state index < -0.39 is 35.5 Å². The van der Waals surface area contributed by atoms with Crippen molar-refractivity contribution in [3.05, 3.63) is 34.0 Å². The molecule has 1 heterocycles. The minimum absolute atomic E-state index is 0.00934. The van der Waals surface area contributed by atoms with Crippen molar-refractivity contribution in [3.63, 3.8) is 0 Å². The van der Waals surface area contributed by atoms with E-state index in [0.29, 0.717) is 19.4 Å². The number of ketones is 2. The number of nitrogens with one attached hydrogen (secondary N) is 1. The van der Waals surface area contributed by atoms with Crippen LogP contribution in [-0.2, 0) is 30.5 Å². The topological polar surface area (TPSA) is 130 Å². The Labute approximate surface area is 233 Å². The molecule has 212 valence electrons. The van der Waals surface area contributed by atoms with Crippen LogP contribution in [0.5, 0.6) is 0 Å². The van der Waals surface area contributed by atoms with Gasteiger partial charge in [-0.1, -0.05) is 25.5 Å². The van der Waals surface area contributed by atoms with Gasteiger partial charge < -0.3 is 20.3 Å². The third-order valence-corrected chi connectivity index (χ3v) is 11.3. The molecular weight excluding hydrogens is 518 g/mol. The van der Waals surface area contributed by atoms with E-state index in [1.807, 2.05) is 24.4 Å². The molecule has 0 aromatic carbocycles. The molecule has 8 nitrogen and oxygen atoms in total. The highest BCUT2D eigenvalue weighted by atomic mass is 32.1. The first-order valence-corrected chi connectivity index (χ1v) is 15.0. The average molecular weight is 558 g/mol. The van der Waals surface area contributed by atoms with Crippen molar-refractivity contribution in [1.82, 2.24) is 5.32 Å². The number of fused-ring (bicyclic) bond motifs is 5. The molecule has 9 heteroatoms. The van der Waals surface area contributed by atoms with E-state index in [0.717, 1.165) is 29.7 Å². The molecule has 0 radical (unpaired) electrons. The van der Waals surface area contributed by atoms with Gasteiger partial charge in [0, 0.05) is 23.1 Å². The molecule has 1 aromatic heterocycles. The summed E-state index contributed by atoms with van der Waals surface area (Å²) in [6.45, 7) is 3.92. The Morgan fingerprint density at radius 3 is 2.69 bits per heavy atom. The summed E-state index contributed by atoms with van der Waals surface area (Å²) < 4.78 is 5.21. The van der Waals surface area contributed by atoms with E-state index in [1.54, 1.807) is 6.08 Å². The molecule has 3 saturated carbocycles. The van der Waals surface area contributed by atoms with E-state index in [1.165, 1.54) is 11.3 Å². The number of rotatable bonds is 8. The second-order valence-electron chi connectivity index (χ2n) is 12.4. The third-order valence-electron chi connectivity index (χ3n) is 10.5. The van der Waals surface area contributed by atoms with E-state index in [-0.39, 0.29) is 60.5 Å². The first-order valence-electron chi connectivity index (χ1n) is 14.1. The summed E-state index contributed by atoms with van der Waals surface area (Å²) in [7, 11) is 0. The number of carbonyl (C=O) groups is 4. The highest BCUT2D eigenvalue weighted by molar-refractivity contribution is 7.09. The summed E-state index contributed by atoms with van der Waals surface area (Å²) in [4.78, 5) is 50.8. The normalized spacial score (nSPS) is 37.2. The maximum Gasteiger partial charge on any atom is 0.306 e. The highest BCUT2D eigenvalue weighted by Gasteiger charge is 2.68. The Morgan fingerprint density at radius 1 is 1.15 bits per heavy atom. The lowest BCUT2D eigenvalue weighted by atomic mass is 9.45. The number of allylic oxidation sites excluding steroid dienone is 1. The SMILES string of the molecule is C[C@]12CCC(=O)C=C1CC[C@@H]1[C@H]2[C@@H](O)C[C@@]2(C)[C@H]1CC[C@]2(O)C(=O)COC(=O)CCC(=O)NCc1cccs1. The number of aliphatic hydroxyl groups is 2. The summed E-state index contributed by atoms with van der Waals surface area (Å²) in [5, 5.41) is 27.9. The maximum atomic E-state index is 13.4. The van der Waals surface area contributed by atoms with Gasteiger partial charge in [0.25, 0.3) is 0 Å². The Balaban J connectivity index is 1.19. The van der Waals surface area contributed by atoms with Crippen molar-refractivity contribution in [2.24, 2.45) is 28.6 Å². The number of Topliss-reactive ketones (excluding diaryl/α,β-unsaturated/α-hetero) is 1. The second kappa shape index (κ2) is 10.6. The van der Waals surface area contributed by atoms with E-state index >= 15 is 0 Å². The van der Waals surface area contributed by atoms with E-state index in [9.17, 15) is 29.4 Å². The van der Waals surface area contributed by atoms with Gasteiger partial charge in [0.1, 0.15) is 5.60 Å². The molecular formula is C30H39NO7S. The molecule has 0 spiro atoms. The van der Waals surface area contributed by atoms with Crippen LogP contribution in [0.4, 0.5) is 0 Å². The fraction of sp³-hybridized carbons (Fsp3) is 0.667. The molecule has 0 bridgehead atoms. The predicted molar refractivity (Wildman–Crippen MR) is 144 cm³/mol. The van der Waals surface area contributed by atoms with Crippen molar-refractivity contribution >= 4 is 34.8 Å². The standard InChI is InChI=1S/C30H39NO7S/c1-28-11-9-19(32)14-18(28)5-6-21-22-10-12-30(37,29(22,2)15-23(33)27(21)28)24(34)17-38-26(36)8-7-25(35)31-16-20-4-3-13-39-20/h3-4,13-14,21-23,27,33,37H,5-12,15-17H2,1-2H3,(H,31,35)/t21-,22-,23-,27-,28-,29-,30-/m0/s1. The van der Waals surface area contributed by atoms with Crippen LogP contribution in [0.25, 0.3) is 0 Å². The van der Waals surface area contributed by atoms with Gasteiger partial charge in [-0.25, -0.2) is 0 Å². The number of esters is 1. The molecule has 0 saturated heterocycles. The molecule has 3 fully saturated rings. The molecule has 3 N–H and O–H groups in total. The van der Waals surface area contributed by atoms with Gasteiger partial charge in [-0.3, -0.25) is 19.2 Å². The quantitative estimate of drug-likeness (QED) is 0.417. The van der Waals surface area contributed by atoms with Crippen LogP contribution in [0.1, 0.15) is 76.5 Å². The third kappa shape index (κ3) is 4.91. The molecule has 4 aliphatic carbocycles. The van der Waals surface area contributed by atoms with Crippen molar-refractivity contribution in [1.29, 1.82) is 0 Å². The Morgan fingerprint density at radius 2 is 1.95 bits per heavy atom. The number of hydrogen-bond donors (Lipinski definition) is 3. The Bertz CT molecular complexity index is 1180. The van der Waals surface area contributed by atoms with Crippen LogP contribution in [-0.4, -0.2) is 52.0 Å². The maximum absolute atomic E-state index is 13.4. The number of ether oxygens (including phenoxy) is 1. The van der Waals surface area contributed by atoms with Gasteiger partial charge in [0.15, 0.2) is 12.4 Å². The number of carbonyl (C=O) groups excluding carboxylic acids is 4. The number of hydrogen-bond acceptors (Lipinski definition) is 8. The summed E-state index contributed by atoms with van der Waals surface area (Å²) in [6.07, 6.45) is 4.95. The lowest BCUT2D eigenvalue weighted by Crippen LogP contribution is -2.62. The van der Waals surface area contributed by atoms with Gasteiger partial charge in [-0.2, -0.15) is 0 Å². The average Bonchev–Trinajstić information content (AvgIpc) is 3.51. The number of thiophene rings is 1. The van der Waals surface area contributed by atoms with Crippen LogP contribution in [0.3, 0.4) is 0 Å². The largest absolute Gasteiger partial charge is 0.458 e. The summed E-state index contributed by atoms with van der Waals surface area (Å²) in [5.74, 6) is -1.13. The van der Waals surface area contributed by atoms with E-state index in [2.05, 4.69) is 12.2 Å². The summed E-state index contributed by atoms with van der Waals surface area (Å²) in [5.41, 5.74) is -1.63. The zero-order valence-electron chi connectivity index (χ0n) is 22.7. The monoisotopic (exact) mass is 557 g/mol. The highest BCUT2D eigenvalue weighted by Crippen LogP contribution is 2.67. The van der Waals surface area contributed by atoms with Crippen LogP contribution in [0.15, 0.2) is 29.2 Å². The minimum Gasteiger partial charge on any atom is -0.458 e. The minimum atomic E-state index is -1.69. The Kier molecular flexibility index (Phi) is 7.63. The zero-order chi connectivity index (χ0) is 28.0. The number of aliphatic hydroxyl groups excluding tert-OH is 1. The van der Waals surface area contributed by atoms with Gasteiger partial charge in [-0.05, 0) is 79.2 Å². The fourth-order valence-electron chi connectivity index (χ4n) is 8.39. The smallest absolute Gasteiger partial charge is 0.306 e. The van der Waals surface area contributed by atoms with Gasteiger partial charge in [0.2, 0.25) is 11.7 Å². The fourth-order valence-corrected chi connectivity index (χ4v) is 9.04. The molecule has 7 atom stereocenters. The molecule has 0 aliphatic heterocycles. The second-order valence-corrected chi connectivity index (χ2v) is 13.4. The molecule has 4 aliphatic rings. The summed E-state index contributed by atoms with van der Waals surface area (Å²) >= 11 is 1.53. The van der Waals surface area contributed by atoms with Gasteiger partial charge in [-0.15, -0.1) is 11.3 Å². The zero-order valence-corrected chi connectivity index (χ0v) is 23.6. The van der Waals surface area contributed by atoms with Crippen molar-refractivity contribution in [3.8, 4) is 0 Å². The predicted octanol–water partition coefficient (Wildman–Crippen LogP) is 3.49. The van der Waals surface area contributed by atoms with Crippen molar-refractivity contribution in [2.75, 3.05) is 6.61 Å². The van der Waals surface area contributed by atoms with E-state index in [4.69, 9.17) is 4.74 Å². The van der Waals surface area contributed by atoms with Crippen LogP contribution in [0.2, 0.25) is 0 Å². The first-order chi connectivity index (χ1) is 18.5. The summed E-state index contributed by atoms with van der Waals surface area (Å²) in [6, 6.07) is 3.81.